The minimum absolute atomic E-state index is 0.0325. The third-order valence-electron chi connectivity index (χ3n) is 2.14. The number of carbonyl (C=O) groups is 1. The minimum atomic E-state index is -3.91. The van der Waals surface area contributed by atoms with Crippen molar-refractivity contribution in [3.05, 3.63) is 28.7 Å². The predicted molar refractivity (Wildman–Crippen MR) is 67.6 cm³/mol. The number of hydrogen-bond acceptors (Lipinski definition) is 4. The summed E-state index contributed by atoms with van der Waals surface area (Å²) in [5.41, 5.74) is 0. The van der Waals surface area contributed by atoms with Crippen molar-refractivity contribution in [1.29, 1.82) is 0 Å². The number of carboxylic acids is 1. The van der Waals surface area contributed by atoms with Crippen LogP contribution >= 0.6 is 15.9 Å². The topological polar surface area (TPSA) is 104 Å². The van der Waals surface area contributed by atoms with E-state index in [-0.39, 0.29) is 11.3 Å². The lowest BCUT2D eigenvalue weighted by Crippen LogP contribution is -2.41. The Morgan fingerprint density at radius 2 is 1.89 bits per heavy atom. The van der Waals surface area contributed by atoms with Crippen LogP contribution in [0.4, 0.5) is 0 Å². The molecule has 1 aromatic rings. The molecule has 0 spiro atoms. The molecule has 0 saturated heterocycles. The van der Waals surface area contributed by atoms with Crippen molar-refractivity contribution in [1.82, 2.24) is 4.72 Å². The predicted octanol–water partition coefficient (Wildman–Crippen LogP) is 0.563. The number of nitrogens with one attached hydrogen (secondary N) is 1. The van der Waals surface area contributed by atoms with Gasteiger partial charge in [0.05, 0.1) is 4.90 Å². The number of carboxylic acid groups (broad SMARTS) is 1. The average molecular weight is 338 g/mol. The van der Waals surface area contributed by atoms with Crippen molar-refractivity contribution < 1.29 is 23.4 Å². The second kappa shape index (κ2) is 6.28. The van der Waals surface area contributed by atoms with Crippen molar-refractivity contribution in [3.63, 3.8) is 0 Å². The van der Waals surface area contributed by atoms with E-state index in [0.29, 0.717) is 4.47 Å². The number of hydrogen-bond donors (Lipinski definition) is 3. The first-order chi connectivity index (χ1) is 8.36. The highest BCUT2D eigenvalue weighted by Crippen LogP contribution is 2.15. The number of benzene rings is 1. The number of aliphatic hydroxyl groups is 1. The van der Waals surface area contributed by atoms with Crippen LogP contribution in [0, 0.1) is 0 Å². The zero-order valence-corrected chi connectivity index (χ0v) is 11.6. The standard InChI is InChI=1S/C10H12BrNO5S/c11-7-1-3-8(4-2-7)18(16,17)12-9(5-6-13)10(14)15/h1-4,9,12-13H,5-6H2,(H,14,15). The van der Waals surface area contributed by atoms with Crippen molar-refractivity contribution in [2.24, 2.45) is 0 Å². The first-order valence-corrected chi connectivity index (χ1v) is 7.26. The molecule has 0 aliphatic heterocycles. The molecule has 0 heterocycles. The van der Waals surface area contributed by atoms with E-state index < -0.39 is 28.6 Å². The van der Waals surface area contributed by atoms with E-state index in [9.17, 15) is 13.2 Å². The van der Waals surface area contributed by atoms with E-state index in [1.807, 2.05) is 4.72 Å². The number of aliphatic carboxylic acids is 1. The second-order valence-electron chi connectivity index (χ2n) is 3.48. The normalized spacial score (nSPS) is 13.2. The van der Waals surface area contributed by atoms with Crippen LogP contribution in [0.1, 0.15) is 6.42 Å². The van der Waals surface area contributed by atoms with Crippen molar-refractivity contribution in [2.45, 2.75) is 17.4 Å². The SMILES string of the molecule is O=C(O)C(CCO)NS(=O)(=O)c1ccc(Br)cc1. The monoisotopic (exact) mass is 337 g/mol. The van der Waals surface area contributed by atoms with E-state index in [4.69, 9.17) is 10.2 Å². The summed E-state index contributed by atoms with van der Waals surface area (Å²) in [6, 6.07) is 4.44. The number of sulfonamides is 1. The fraction of sp³-hybridized carbons (Fsp3) is 0.300. The fourth-order valence-electron chi connectivity index (χ4n) is 1.23. The second-order valence-corrected chi connectivity index (χ2v) is 6.11. The van der Waals surface area contributed by atoms with Crippen molar-refractivity contribution in [3.8, 4) is 0 Å². The summed E-state index contributed by atoms with van der Waals surface area (Å²) >= 11 is 3.17. The third kappa shape index (κ3) is 4.05. The Kier molecular flexibility index (Phi) is 5.27. The Morgan fingerprint density at radius 1 is 1.33 bits per heavy atom. The molecule has 1 rings (SSSR count). The molecule has 18 heavy (non-hydrogen) atoms. The Balaban J connectivity index is 2.93. The largest absolute Gasteiger partial charge is 0.480 e. The molecule has 6 nitrogen and oxygen atoms in total. The number of aliphatic hydroxyl groups excluding tert-OH is 1. The highest BCUT2D eigenvalue weighted by atomic mass is 79.9. The minimum Gasteiger partial charge on any atom is -0.480 e. The molecule has 0 saturated carbocycles. The highest BCUT2D eigenvalue weighted by Gasteiger charge is 2.24. The van der Waals surface area contributed by atoms with Crippen LogP contribution in [0.25, 0.3) is 0 Å². The Labute approximate surface area is 113 Å². The lowest BCUT2D eigenvalue weighted by Gasteiger charge is -2.13. The van der Waals surface area contributed by atoms with Gasteiger partial charge in [-0.1, -0.05) is 15.9 Å². The van der Waals surface area contributed by atoms with Gasteiger partial charge in [0.1, 0.15) is 6.04 Å². The molecule has 0 aliphatic carbocycles. The van der Waals surface area contributed by atoms with Crippen LogP contribution < -0.4 is 4.72 Å². The van der Waals surface area contributed by atoms with E-state index >= 15 is 0 Å². The molecule has 0 radical (unpaired) electrons. The summed E-state index contributed by atoms with van der Waals surface area (Å²) in [5.74, 6) is -1.33. The molecule has 0 fully saturated rings. The van der Waals surface area contributed by atoms with E-state index in [0.717, 1.165) is 0 Å². The quantitative estimate of drug-likeness (QED) is 0.703. The van der Waals surface area contributed by atoms with Crippen molar-refractivity contribution in [2.75, 3.05) is 6.61 Å². The van der Waals surface area contributed by atoms with Gasteiger partial charge in [0.2, 0.25) is 10.0 Å². The van der Waals surface area contributed by atoms with Crippen LogP contribution in [-0.4, -0.2) is 37.2 Å². The van der Waals surface area contributed by atoms with E-state index in [1.54, 1.807) is 0 Å². The van der Waals surface area contributed by atoms with Crippen LogP contribution in [0.15, 0.2) is 33.6 Å². The number of rotatable bonds is 6. The maximum Gasteiger partial charge on any atom is 0.321 e. The van der Waals surface area contributed by atoms with Gasteiger partial charge in [0.15, 0.2) is 0 Å². The van der Waals surface area contributed by atoms with Gasteiger partial charge in [-0.05, 0) is 30.7 Å². The van der Waals surface area contributed by atoms with Gasteiger partial charge in [-0.15, -0.1) is 0 Å². The molecular formula is C10H12BrNO5S. The summed E-state index contributed by atoms with van der Waals surface area (Å²) in [5, 5.41) is 17.5. The van der Waals surface area contributed by atoms with Gasteiger partial charge in [-0.2, -0.15) is 4.72 Å². The van der Waals surface area contributed by atoms with Gasteiger partial charge in [-0.3, -0.25) is 4.79 Å². The summed E-state index contributed by atoms with van der Waals surface area (Å²) in [6.45, 7) is -0.417. The van der Waals surface area contributed by atoms with E-state index in [1.165, 1.54) is 24.3 Å². The van der Waals surface area contributed by atoms with Crippen LogP contribution in [0.2, 0.25) is 0 Å². The van der Waals surface area contributed by atoms with Gasteiger partial charge < -0.3 is 10.2 Å². The zero-order valence-electron chi connectivity index (χ0n) is 9.21. The average Bonchev–Trinajstić information content (AvgIpc) is 2.28. The summed E-state index contributed by atoms with van der Waals surface area (Å²) in [6.07, 6.45) is -0.189. The Bertz CT molecular complexity index is 514. The van der Waals surface area contributed by atoms with E-state index in [2.05, 4.69) is 15.9 Å². The summed E-state index contributed by atoms with van der Waals surface area (Å²) < 4.78 is 26.5. The van der Waals surface area contributed by atoms with Crippen molar-refractivity contribution >= 4 is 31.9 Å². The first kappa shape index (κ1) is 15.1. The summed E-state index contributed by atoms with van der Waals surface area (Å²) in [7, 11) is -3.91. The molecule has 0 bridgehead atoms. The Hall–Kier alpha value is -0.960. The zero-order chi connectivity index (χ0) is 13.8. The lowest BCUT2D eigenvalue weighted by molar-refractivity contribution is -0.139. The van der Waals surface area contributed by atoms with Gasteiger partial charge in [0, 0.05) is 11.1 Å². The van der Waals surface area contributed by atoms with Crippen LogP contribution in [0.5, 0.6) is 0 Å². The van der Waals surface area contributed by atoms with Gasteiger partial charge >= 0.3 is 5.97 Å². The highest BCUT2D eigenvalue weighted by molar-refractivity contribution is 9.10. The van der Waals surface area contributed by atoms with Crippen LogP contribution in [0.3, 0.4) is 0 Å². The number of halogens is 1. The third-order valence-corrected chi connectivity index (χ3v) is 4.15. The molecule has 1 atom stereocenters. The first-order valence-electron chi connectivity index (χ1n) is 4.98. The molecule has 1 unspecified atom stereocenters. The molecule has 0 aromatic heterocycles. The molecule has 8 heteroatoms. The molecule has 100 valence electrons. The Morgan fingerprint density at radius 3 is 2.33 bits per heavy atom. The fourth-order valence-corrected chi connectivity index (χ4v) is 2.72. The molecule has 3 N–H and O–H groups in total. The maximum absolute atomic E-state index is 11.9. The maximum atomic E-state index is 11.9. The molecule has 1 aromatic carbocycles. The lowest BCUT2D eigenvalue weighted by atomic mass is 10.2. The molecule has 0 amide bonds. The smallest absolute Gasteiger partial charge is 0.321 e. The van der Waals surface area contributed by atoms with Gasteiger partial charge in [0.25, 0.3) is 0 Å². The summed E-state index contributed by atoms with van der Waals surface area (Å²) in [4.78, 5) is 10.8. The van der Waals surface area contributed by atoms with Crippen LogP contribution in [-0.2, 0) is 14.8 Å². The molecular weight excluding hydrogens is 326 g/mol. The molecule has 0 aliphatic rings. The van der Waals surface area contributed by atoms with Gasteiger partial charge in [-0.25, -0.2) is 8.42 Å².